The zero-order chi connectivity index (χ0) is 5.98. The molecule has 1 fully saturated rings. The van der Waals surface area contributed by atoms with Crippen LogP contribution in [0, 0.1) is 5.92 Å². The molecule has 0 aromatic heterocycles. The molecule has 48 valence electrons. The molecule has 0 aromatic rings. The predicted molar refractivity (Wildman–Crippen MR) is 32.5 cm³/mol. The van der Waals surface area contributed by atoms with E-state index in [9.17, 15) is 4.39 Å². The molecule has 1 heteroatoms. The zero-order valence-electron chi connectivity index (χ0n) is 5.36. The number of rotatable bonds is 2. The molecule has 1 rings (SSSR count). The molecular formula is C7H13F. The molecule has 0 aromatic carbocycles. The molecule has 1 aliphatic rings. The van der Waals surface area contributed by atoms with Gasteiger partial charge in [-0.3, -0.25) is 0 Å². The first-order chi connectivity index (χ1) is 3.84. The van der Waals surface area contributed by atoms with Gasteiger partial charge in [-0.1, -0.05) is 13.3 Å². The van der Waals surface area contributed by atoms with Crippen LogP contribution in [-0.2, 0) is 0 Å². The third-order valence-corrected chi connectivity index (χ3v) is 1.98. The summed E-state index contributed by atoms with van der Waals surface area (Å²) in [4.78, 5) is 0. The predicted octanol–water partition coefficient (Wildman–Crippen LogP) is 2.53. The fourth-order valence-electron chi connectivity index (χ4n) is 1.22. The number of halogens is 1. The van der Waals surface area contributed by atoms with E-state index >= 15 is 0 Å². The van der Waals surface area contributed by atoms with Crippen LogP contribution in [0.4, 0.5) is 4.39 Å². The largest absolute Gasteiger partial charge is 0.247 e. The Morgan fingerprint density at radius 3 is 2.38 bits per heavy atom. The van der Waals surface area contributed by atoms with Gasteiger partial charge >= 0.3 is 0 Å². The van der Waals surface area contributed by atoms with Gasteiger partial charge in [0, 0.05) is 0 Å². The molecule has 0 nitrogen and oxygen atoms in total. The molecule has 0 bridgehead atoms. The first kappa shape index (κ1) is 6.06. The minimum Gasteiger partial charge on any atom is -0.247 e. The van der Waals surface area contributed by atoms with Crippen molar-refractivity contribution >= 4 is 0 Å². The van der Waals surface area contributed by atoms with Crippen LogP contribution in [0.5, 0.6) is 0 Å². The van der Waals surface area contributed by atoms with E-state index in [1.54, 1.807) is 0 Å². The van der Waals surface area contributed by atoms with Crippen LogP contribution in [0.15, 0.2) is 0 Å². The summed E-state index contributed by atoms with van der Waals surface area (Å²) < 4.78 is 12.4. The molecular weight excluding hydrogens is 103 g/mol. The van der Waals surface area contributed by atoms with Crippen molar-refractivity contribution in [3.63, 3.8) is 0 Å². The van der Waals surface area contributed by atoms with E-state index in [0.717, 1.165) is 25.7 Å². The lowest BCUT2D eigenvalue weighted by Crippen LogP contribution is -2.26. The van der Waals surface area contributed by atoms with E-state index < -0.39 is 6.17 Å². The van der Waals surface area contributed by atoms with Crippen LogP contribution in [0.2, 0.25) is 0 Å². The van der Waals surface area contributed by atoms with Gasteiger partial charge in [-0.05, 0) is 25.2 Å². The lowest BCUT2D eigenvalue weighted by Gasteiger charge is -2.29. The summed E-state index contributed by atoms with van der Waals surface area (Å²) in [6.07, 6.45) is 3.75. The van der Waals surface area contributed by atoms with Gasteiger partial charge in [0.2, 0.25) is 0 Å². The Hall–Kier alpha value is -0.0700. The van der Waals surface area contributed by atoms with Gasteiger partial charge in [-0.25, -0.2) is 4.39 Å². The Morgan fingerprint density at radius 2 is 2.25 bits per heavy atom. The third kappa shape index (κ3) is 1.01. The SMILES string of the molecule is CCCC1CCC1F. The Morgan fingerprint density at radius 1 is 1.50 bits per heavy atom. The van der Waals surface area contributed by atoms with Crippen molar-refractivity contribution in [2.45, 2.75) is 38.8 Å². The maximum absolute atomic E-state index is 12.4. The summed E-state index contributed by atoms with van der Waals surface area (Å²) in [5, 5.41) is 0. The van der Waals surface area contributed by atoms with Crippen molar-refractivity contribution in [2.75, 3.05) is 0 Å². The average molecular weight is 116 g/mol. The maximum atomic E-state index is 12.4. The van der Waals surface area contributed by atoms with E-state index in [2.05, 4.69) is 6.92 Å². The Labute approximate surface area is 50.1 Å². The second-order valence-electron chi connectivity index (χ2n) is 2.64. The molecule has 0 saturated heterocycles. The molecule has 1 aliphatic carbocycles. The fraction of sp³-hybridized carbons (Fsp3) is 1.00. The first-order valence-electron chi connectivity index (χ1n) is 3.48. The van der Waals surface area contributed by atoms with Gasteiger partial charge in [-0.2, -0.15) is 0 Å². The quantitative estimate of drug-likeness (QED) is 0.520. The average Bonchev–Trinajstić information content (AvgIpc) is 1.79. The summed E-state index contributed by atoms with van der Waals surface area (Å²) >= 11 is 0. The molecule has 0 amide bonds. The van der Waals surface area contributed by atoms with E-state index in [-0.39, 0.29) is 0 Å². The van der Waals surface area contributed by atoms with E-state index in [1.807, 2.05) is 0 Å². The van der Waals surface area contributed by atoms with E-state index in [4.69, 9.17) is 0 Å². The smallest absolute Gasteiger partial charge is 0.103 e. The van der Waals surface area contributed by atoms with Crippen molar-refractivity contribution in [1.82, 2.24) is 0 Å². The van der Waals surface area contributed by atoms with Crippen molar-refractivity contribution in [3.05, 3.63) is 0 Å². The molecule has 0 heterocycles. The maximum Gasteiger partial charge on any atom is 0.103 e. The standard InChI is InChI=1S/C7H13F/c1-2-3-6-4-5-7(6)8/h6-7H,2-5H2,1H3. The second kappa shape index (κ2) is 2.47. The summed E-state index contributed by atoms with van der Waals surface area (Å²) in [6, 6.07) is 0. The van der Waals surface area contributed by atoms with Crippen LogP contribution in [0.1, 0.15) is 32.6 Å². The second-order valence-corrected chi connectivity index (χ2v) is 2.64. The molecule has 0 radical (unpaired) electrons. The molecule has 2 atom stereocenters. The van der Waals surface area contributed by atoms with Gasteiger partial charge in [-0.15, -0.1) is 0 Å². The summed E-state index contributed by atoms with van der Waals surface area (Å²) in [5.74, 6) is 0.431. The Bertz CT molecular complexity index is 70.8. The molecule has 1 saturated carbocycles. The van der Waals surface area contributed by atoms with Crippen molar-refractivity contribution in [3.8, 4) is 0 Å². The van der Waals surface area contributed by atoms with Crippen LogP contribution >= 0.6 is 0 Å². The number of alkyl halides is 1. The van der Waals surface area contributed by atoms with Gasteiger partial charge in [0.25, 0.3) is 0 Å². The van der Waals surface area contributed by atoms with Crippen molar-refractivity contribution in [2.24, 2.45) is 5.92 Å². The molecule has 0 N–H and O–H groups in total. The molecule has 8 heavy (non-hydrogen) atoms. The third-order valence-electron chi connectivity index (χ3n) is 1.98. The summed E-state index contributed by atoms with van der Waals surface area (Å²) in [5.41, 5.74) is 0. The molecule has 0 spiro atoms. The Balaban J connectivity index is 2.08. The minimum atomic E-state index is -0.449. The topological polar surface area (TPSA) is 0 Å². The van der Waals surface area contributed by atoms with Gasteiger partial charge in [0.15, 0.2) is 0 Å². The van der Waals surface area contributed by atoms with Crippen molar-refractivity contribution in [1.29, 1.82) is 0 Å². The van der Waals surface area contributed by atoms with Crippen LogP contribution in [0.3, 0.4) is 0 Å². The van der Waals surface area contributed by atoms with Crippen LogP contribution in [-0.4, -0.2) is 6.17 Å². The lowest BCUT2D eigenvalue weighted by atomic mass is 9.80. The van der Waals surface area contributed by atoms with Gasteiger partial charge in [0.1, 0.15) is 6.17 Å². The van der Waals surface area contributed by atoms with Gasteiger partial charge in [0.05, 0.1) is 0 Å². The van der Waals surface area contributed by atoms with E-state index in [1.165, 1.54) is 0 Å². The highest BCUT2D eigenvalue weighted by Gasteiger charge is 2.28. The first-order valence-corrected chi connectivity index (χ1v) is 3.48. The number of hydrogen-bond donors (Lipinski definition) is 0. The fourth-order valence-corrected chi connectivity index (χ4v) is 1.22. The lowest BCUT2D eigenvalue weighted by molar-refractivity contribution is 0.104. The Kier molecular flexibility index (Phi) is 1.87. The van der Waals surface area contributed by atoms with Crippen LogP contribution < -0.4 is 0 Å². The summed E-state index contributed by atoms with van der Waals surface area (Å²) in [6.45, 7) is 2.12. The van der Waals surface area contributed by atoms with Crippen LogP contribution in [0.25, 0.3) is 0 Å². The monoisotopic (exact) mass is 116 g/mol. The highest BCUT2D eigenvalue weighted by atomic mass is 19.1. The molecule has 2 unspecified atom stereocenters. The summed E-state index contributed by atoms with van der Waals surface area (Å²) in [7, 11) is 0. The van der Waals surface area contributed by atoms with Crippen molar-refractivity contribution < 1.29 is 4.39 Å². The zero-order valence-corrected chi connectivity index (χ0v) is 5.36. The normalized spacial score (nSPS) is 36.8. The number of hydrogen-bond acceptors (Lipinski definition) is 0. The highest BCUT2D eigenvalue weighted by Crippen LogP contribution is 2.33. The molecule has 0 aliphatic heterocycles. The minimum absolute atomic E-state index is 0.431. The highest BCUT2D eigenvalue weighted by molar-refractivity contribution is 4.79. The van der Waals surface area contributed by atoms with Gasteiger partial charge < -0.3 is 0 Å². The van der Waals surface area contributed by atoms with E-state index in [0.29, 0.717) is 5.92 Å².